The van der Waals surface area contributed by atoms with Crippen molar-refractivity contribution in [3.05, 3.63) is 24.0 Å². The number of benzene rings is 1. The molecule has 1 aromatic carbocycles. The van der Waals surface area contributed by atoms with Gasteiger partial charge in [0.05, 0.1) is 25.7 Å². The molecule has 0 N–H and O–H groups in total. The van der Waals surface area contributed by atoms with E-state index >= 15 is 0 Å². The number of esters is 1. The van der Waals surface area contributed by atoms with Gasteiger partial charge in [0, 0.05) is 28.7 Å². The fourth-order valence-electron chi connectivity index (χ4n) is 4.96. The van der Waals surface area contributed by atoms with E-state index in [1.165, 1.54) is 7.11 Å². The quantitative estimate of drug-likeness (QED) is 0.451. The summed E-state index contributed by atoms with van der Waals surface area (Å²) < 4.78 is 16.5. The van der Waals surface area contributed by atoms with Gasteiger partial charge in [0.2, 0.25) is 5.75 Å². The second-order valence-corrected chi connectivity index (χ2v) is 7.14. The third-order valence-electron chi connectivity index (χ3n) is 6.13. The molecule has 0 radical (unpaired) electrons. The van der Waals surface area contributed by atoms with Crippen LogP contribution in [0.2, 0.25) is 0 Å². The van der Waals surface area contributed by atoms with Crippen LogP contribution in [0.1, 0.15) is 24.8 Å². The van der Waals surface area contributed by atoms with Crippen LogP contribution < -0.4 is 9.47 Å². The van der Waals surface area contributed by atoms with Gasteiger partial charge in [-0.15, -0.1) is 0 Å². The van der Waals surface area contributed by atoms with Crippen LogP contribution in [0.15, 0.2) is 22.8 Å². The van der Waals surface area contributed by atoms with Crippen molar-refractivity contribution < 1.29 is 28.3 Å². The summed E-state index contributed by atoms with van der Waals surface area (Å²) in [6.07, 6.45) is 1.51. The summed E-state index contributed by atoms with van der Waals surface area (Å²) in [5, 5.41) is 0.836. The highest BCUT2D eigenvalue weighted by molar-refractivity contribution is 6.07. The highest BCUT2D eigenvalue weighted by Crippen LogP contribution is 2.63. The number of carbonyl (C=O) groups is 3. The first-order chi connectivity index (χ1) is 12.0. The van der Waals surface area contributed by atoms with E-state index in [1.807, 2.05) is 19.1 Å². The minimum atomic E-state index is -0.449. The molecule has 5 atom stereocenters. The van der Waals surface area contributed by atoms with Crippen molar-refractivity contribution in [3.8, 4) is 11.5 Å². The molecule has 1 aliphatic heterocycles. The Bertz CT molecular complexity index is 954. The second kappa shape index (κ2) is 4.71. The molecule has 0 spiro atoms. The average molecular weight is 340 g/mol. The van der Waals surface area contributed by atoms with E-state index in [0.29, 0.717) is 17.1 Å². The molecule has 0 bridgehead atoms. The summed E-state index contributed by atoms with van der Waals surface area (Å²) >= 11 is 0. The molecule has 3 aliphatic rings. The Labute approximate surface area is 143 Å². The van der Waals surface area contributed by atoms with Crippen LogP contribution in [0, 0.1) is 23.7 Å². The highest BCUT2D eigenvalue weighted by Gasteiger charge is 2.65. The fraction of sp³-hybridized carbons (Fsp3) is 0.421. The van der Waals surface area contributed by atoms with Gasteiger partial charge in [0.1, 0.15) is 11.6 Å². The van der Waals surface area contributed by atoms with Crippen molar-refractivity contribution in [2.75, 3.05) is 7.11 Å². The van der Waals surface area contributed by atoms with Gasteiger partial charge in [-0.25, -0.2) is 0 Å². The van der Waals surface area contributed by atoms with Crippen LogP contribution in [0.25, 0.3) is 11.0 Å². The lowest BCUT2D eigenvalue weighted by Crippen LogP contribution is -2.61. The smallest absolute Gasteiger partial charge is 0.315 e. The van der Waals surface area contributed by atoms with E-state index in [9.17, 15) is 14.4 Å². The van der Waals surface area contributed by atoms with Gasteiger partial charge >= 0.3 is 5.97 Å². The van der Waals surface area contributed by atoms with Crippen molar-refractivity contribution in [1.82, 2.24) is 0 Å². The topological polar surface area (TPSA) is 82.8 Å². The van der Waals surface area contributed by atoms with Gasteiger partial charge in [-0.3, -0.25) is 14.4 Å². The molecule has 2 fully saturated rings. The van der Waals surface area contributed by atoms with Gasteiger partial charge in [0.25, 0.3) is 0 Å². The Morgan fingerprint density at radius 1 is 1.12 bits per heavy atom. The van der Waals surface area contributed by atoms with Crippen molar-refractivity contribution >= 4 is 28.5 Å². The number of ketones is 2. The maximum Gasteiger partial charge on any atom is 0.315 e. The highest BCUT2D eigenvalue weighted by atomic mass is 16.6. The predicted octanol–water partition coefficient (Wildman–Crippen LogP) is 2.48. The Kier molecular flexibility index (Phi) is 2.77. The lowest BCUT2D eigenvalue weighted by atomic mass is 9.46. The van der Waals surface area contributed by atoms with Crippen LogP contribution in [-0.4, -0.2) is 24.6 Å². The first-order valence-electron chi connectivity index (χ1n) is 8.38. The Hall–Kier alpha value is -2.63. The first kappa shape index (κ1) is 14.7. The van der Waals surface area contributed by atoms with Gasteiger partial charge in [-0.05, 0) is 18.1 Å². The third kappa shape index (κ3) is 1.67. The summed E-state index contributed by atoms with van der Waals surface area (Å²) in [7, 11) is 1.49. The number of Topliss-reactive ketones (excluding diaryl/α,β-unsaturated/α-hetero) is 2. The number of fused-ring (bicyclic) bond motifs is 7. The summed E-state index contributed by atoms with van der Waals surface area (Å²) in [4.78, 5) is 37.2. The molecule has 5 rings (SSSR count). The first-order valence-corrected chi connectivity index (χ1v) is 8.38. The monoisotopic (exact) mass is 340 g/mol. The second-order valence-electron chi connectivity index (χ2n) is 7.14. The minimum Gasteiger partial charge on any atom is -0.490 e. The predicted molar refractivity (Wildman–Crippen MR) is 85.4 cm³/mol. The Morgan fingerprint density at radius 3 is 2.68 bits per heavy atom. The van der Waals surface area contributed by atoms with Crippen LogP contribution in [0.3, 0.4) is 0 Å². The molecule has 0 saturated heterocycles. The Balaban J connectivity index is 1.71. The molecule has 5 unspecified atom stereocenters. The zero-order chi connectivity index (χ0) is 17.5. The summed E-state index contributed by atoms with van der Waals surface area (Å²) in [5.41, 5.74) is 1.31. The van der Waals surface area contributed by atoms with Crippen LogP contribution in [0.4, 0.5) is 0 Å². The summed E-state index contributed by atoms with van der Waals surface area (Å²) in [5.74, 6) is -1.38. The minimum absolute atomic E-state index is 0.0407. The number of carbonyl (C=O) groups excluding carboxylic acids is 3. The van der Waals surface area contributed by atoms with E-state index in [4.69, 9.17) is 13.9 Å². The fourth-order valence-corrected chi connectivity index (χ4v) is 4.96. The standard InChI is InChI=1S/C19H16O6/c1-7-10(20)6-11(21)14-12(7)15-13(14)9-5-8-3-4-24-16(8)18(23-2)17(9)25-19(15)22/h3-5,7,12-15H,6H2,1-2H3. The number of hydrogen-bond donors (Lipinski definition) is 0. The lowest BCUT2D eigenvalue weighted by molar-refractivity contribution is -0.167. The molecule has 128 valence electrons. The molecule has 1 aromatic heterocycles. The van der Waals surface area contributed by atoms with Gasteiger partial charge in [-0.2, -0.15) is 0 Å². The van der Waals surface area contributed by atoms with E-state index in [0.717, 1.165) is 10.9 Å². The zero-order valence-electron chi connectivity index (χ0n) is 13.8. The number of rotatable bonds is 1. The number of methoxy groups -OCH3 is 1. The SMILES string of the molecule is COc1c2c(cc3ccoc13)C1C3C(=O)CC(=O)C(C)C3C1C(=O)O2. The molecule has 6 heteroatoms. The van der Waals surface area contributed by atoms with Gasteiger partial charge in [0.15, 0.2) is 11.3 Å². The lowest BCUT2D eigenvalue weighted by Gasteiger charge is -2.56. The van der Waals surface area contributed by atoms with Crippen molar-refractivity contribution in [1.29, 1.82) is 0 Å². The molecule has 2 heterocycles. The Morgan fingerprint density at radius 2 is 1.92 bits per heavy atom. The molecule has 2 aliphatic carbocycles. The molecule has 6 nitrogen and oxygen atoms in total. The van der Waals surface area contributed by atoms with Gasteiger partial charge < -0.3 is 13.9 Å². The number of hydrogen-bond acceptors (Lipinski definition) is 6. The van der Waals surface area contributed by atoms with Crippen molar-refractivity contribution in [2.24, 2.45) is 23.7 Å². The molecule has 25 heavy (non-hydrogen) atoms. The maximum absolute atomic E-state index is 12.6. The van der Waals surface area contributed by atoms with E-state index in [1.54, 1.807) is 6.26 Å². The van der Waals surface area contributed by atoms with Crippen molar-refractivity contribution in [3.63, 3.8) is 0 Å². The third-order valence-corrected chi connectivity index (χ3v) is 6.13. The van der Waals surface area contributed by atoms with Crippen molar-refractivity contribution in [2.45, 2.75) is 19.3 Å². The van der Waals surface area contributed by atoms with E-state index < -0.39 is 11.9 Å². The van der Waals surface area contributed by atoms with Crippen LogP contribution in [-0.2, 0) is 14.4 Å². The molecule has 0 amide bonds. The zero-order valence-corrected chi connectivity index (χ0v) is 13.8. The normalized spacial score (nSPS) is 33.2. The number of ether oxygens (including phenoxy) is 2. The maximum atomic E-state index is 12.6. The molecular weight excluding hydrogens is 324 g/mol. The van der Waals surface area contributed by atoms with E-state index in [-0.39, 0.29) is 41.7 Å². The average Bonchev–Trinajstić information content (AvgIpc) is 3.00. The number of furan rings is 1. The van der Waals surface area contributed by atoms with Gasteiger partial charge in [-0.1, -0.05) is 6.92 Å². The molecule has 2 aromatic rings. The summed E-state index contributed by atoms with van der Waals surface area (Å²) in [6.45, 7) is 1.81. The largest absolute Gasteiger partial charge is 0.490 e. The molecular formula is C19H16O6. The van der Waals surface area contributed by atoms with Crippen LogP contribution in [0.5, 0.6) is 11.5 Å². The van der Waals surface area contributed by atoms with Crippen LogP contribution >= 0.6 is 0 Å². The molecule has 2 saturated carbocycles. The summed E-state index contributed by atoms with van der Waals surface area (Å²) in [6, 6.07) is 3.72. The van der Waals surface area contributed by atoms with E-state index in [2.05, 4.69) is 0 Å².